The van der Waals surface area contributed by atoms with Gasteiger partial charge < -0.3 is 5.32 Å². The highest BCUT2D eigenvalue weighted by atomic mass is 35.5. The molecule has 0 saturated carbocycles. The second kappa shape index (κ2) is 4.35. The molecule has 1 N–H and O–H groups in total. The molecule has 12 heavy (non-hydrogen) atoms. The van der Waals surface area contributed by atoms with E-state index < -0.39 is 18.5 Å². The number of carbonyl (C=O) groups is 1. The lowest BCUT2D eigenvalue weighted by Gasteiger charge is -2.06. The maximum atomic E-state index is 11.5. The van der Waals surface area contributed by atoms with E-state index in [2.05, 4.69) is 6.58 Å². The van der Waals surface area contributed by atoms with Crippen LogP contribution in [0.15, 0.2) is 11.6 Å². The van der Waals surface area contributed by atoms with Crippen molar-refractivity contribution in [3.05, 3.63) is 11.6 Å². The van der Waals surface area contributed by atoms with Crippen LogP contribution in [-0.2, 0) is 4.79 Å². The fraction of sp³-hybridized carbons (Fsp3) is 0.500. The van der Waals surface area contributed by atoms with Gasteiger partial charge in [0.25, 0.3) is 0 Å². The van der Waals surface area contributed by atoms with Gasteiger partial charge in [0.05, 0.1) is 6.54 Å². The zero-order valence-electron chi connectivity index (χ0n) is 6.04. The molecule has 0 unspecified atom stereocenters. The van der Waals surface area contributed by atoms with Crippen LogP contribution in [-0.4, -0.2) is 18.6 Å². The molecule has 0 radical (unpaired) electrons. The predicted octanol–water partition coefficient (Wildman–Crippen LogP) is 1.81. The molecule has 2 nitrogen and oxygen atoms in total. The number of alkyl halides is 3. The van der Waals surface area contributed by atoms with Crippen molar-refractivity contribution < 1.29 is 18.0 Å². The Bertz CT molecular complexity index is 190. The molecular formula is C6H7ClF3NO. The third-order valence-corrected chi connectivity index (χ3v) is 0.972. The van der Waals surface area contributed by atoms with Crippen molar-refractivity contribution in [2.45, 2.75) is 12.6 Å². The van der Waals surface area contributed by atoms with E-state index in [0.717, 1.165) is 0 Å². The molecule has 0 rings (SSSR count). The molecule has 0 atom stereocenters. The average molecular weight is 202 g/mol. The molecule has 6 heteroatoms. The first kappa shape index (κ1) is 11.3. The first-order valence-electron chi connectivity index (χ1n) is 2.98. The number of amides is 1. The quantitative estimate of drug-likeness (QED) is 0.741. The van der Waals surface area contributed by atoms with Crippen molar-refractivity contribution in [3.63, 3.8) is 0 Å². The largest absolute Gasteiger partial charge is 0.397 e. The van der Waals surface area contributed by atoms with Crippen molar-refractivity contribution in [2.75, 3.05) is 6.54 Å². The van der Waals surface area contributed by atoms with Crippen LogP contribution in [0.5, 0.6) is 0 Å². The summed E-state index contributed by atoms with van der Waals surface area (Å²) in [5.41, 5.74) is 0. The summed E-state index contributed by atoms with van der Waals surface area (Å²) >= 11 is 5.20. The van der Waals surface area contributed by atoms with E-state index in [-0.39, 0.29) is 11.6 Å². The van der Waals surface area contributed by atoms with Crippen LogP contribution in [0.3, 0.4) is 0 Å². The number of halogens is 4. The first-order valence-corrected chi connectivity index (χ1v) is 3.36. The van der Waals surface area contributed by atoms with Crippen molar-refractivity contribution in [1.29, 1.82) is 0 Å². The third kappa shape index (κ3) is 7.40. The van der Waals surface area contributed by atoms with E-state index in [1.807, 2.05) is 5.32 Å². The fourth-order valence-corrected chi connectivity index (χ4v) is 0.506. The molecule has 0 fully saturated rings. The summed E-state index contributed by atoms with van der Waals surface area (Å²) in [6.45, 7) is 3.05. The zero-order valence-corrected chi connectivity index (χ0v) is 6.80. The van der Waals surface area contributed by atoms with Gasteiger partial charge in [0.15, 0.2) is 0 Å². The molecular weight excluding hydrogens is 195 g/mol. The molecule has 0 aliphatic carbocycles. The Hall–Kier alpha value is -0.710. The summed E-state index contributed by atoms with van der Waals surface area (Å²) in [5.74, 6) is -1.11. The minimum atomic E-state index is -4.47. The smallest absolute Gasteiger partial charge is 0.351 e. The lowest BCUT2D eigenvalue weighted by Crippen LogP contribution is -2.29. The van der Waals surface area contributed by atoms with Gasteiger partial charge >= 0.3 is 6.18 Å². The van der Waals surface area contributed by atoms with E-state index in [4.69, 9.17) is 11.6 Å². The van der Waals surface area contributed by atoms with E-state index in [1.165, 1.54) is 0 Å². The normalized spacial score (nSPS) is 11.0. The van der Waals surface area contributed by atoms with Crippen molar-refractivity contribution in [2.24, 2.45) is 0 Å². The highest BCUT2D eigenvalue weighted by molar-refractivity contribution is 6.29. The Morgan fingerprint density at radius 3 is 2.33 bits per heavy atom. The highest BCUT2D eigenvalue weighted by Gasteiger charge is 2.30. The summed E-state index contributed by atoms with van der Waals surface area (Å²) < 4.78 is 34.5. The van der Waals surface area contributed by atoms with E-state index >= 15 is 0 Å². The van der Waals surface area contributed by atoms with E-state index in [9.17, 15) is 18.0 Å². The standard InChI is InChI=1S/C6H7ClF3NO/c1-4(7)3-11-5(12)2-6(8,9)10/h1-3H2,(H,11,12). The molecule has 0 heterocycles. The molecule has 70 valence electrons. The molecule has 0 aromatic carbocycles. The summed E-state index contributed by atoms with van der Waals surface area (Å²) in [6.07, 6.45) is -5.96. The lowest BCUT2D eigenvalue weighted by molar-refractivity contribution is -0.153. The van der Waals surface area contributed by atoms with Gasteiger partial charge in [0.1, 0.15) is 6.42 Å². The highest BCUT2D eigenvalue weighted by Crippen LogP contribution is 2.18. The monoisotopic (exact) mass is 201 g/mol. The van der Waals surface area contributed by atoms with Crippen LogP contribution < -0.4 is 5.32 Å². The van der Waals surface area contributed by atoms with Crippen LogP contribution >= 0.6 is 11.6 Å². The number of rotatable bonds is 3. The van der Waals surface area contributed by atoms with Crippen LogP contribution in [0.25, 0.3) is 0 Å². The first-order chi connectivity index (χ1) is 5.31. The summed E-state index contributed by atoms with van der Waals surface area (Å²) in [6, 6.07) is 0. The molecule has 0 bridgehead atoms. The van der Waals surface area contributed by atoms with Gasteiger partial charge in [-0.1, -0.05) is 18.2 Å². The van der Waals surface area contributed by atoms with Gasteiger partial charge in [0, 0.05) is 5.03 Å². The topological polar surface area (TPSA) is 29.1 Å². The van der Waals surface area contributed by atoms with Crippen LogP contribution in [0, 0.1) is 0 Å². The molecule has 0 aromatic heterocycles. The van der Waals surface area contributed by atoms with Gasteiger partial charge in [-0.25, -0.2) is 0 Å². The number of carbonyl (C=O) groups excluding carboxylic acids is 1. The maximum Gasteiger partial charge on any atom is 0.397 e. The minimum Gasteiger partial charge on any atom is -0.351 e. The molecule has 0 aromatic rings. The van der Waals surface area contributed by atoms with Gasteiger partial charge in [-0.15, -0.1) is 0 Å². The van der Waals surface area contributed by atoms with Crippen LogP contribution in [0.4, 0.5) is 13.2 Å². The SMILES string of the molecule is C=C(Cl)CNC(=O)CC(F)(F)F. The molecule has 0 saturated heterocycles. The van der Waals surface area contributed by atoms with Crippen molar-refractivity contribution in [1.82, 2.24) is 5.32 Å². The minimum absolute atomic E-state index is 0.0884. The number of hydrogen-bond donors (Lipinski definition) is 1. The van der Waals surface area contributed by atoms with Gasteiger partial charge in [-0.3, -0.25) is 4.79 Å². The average Bonchev–Trinajstić information content (AvgIpc) is 1.79. The van der Waals surface area contributed by atoms with E-state index in [1.54, 1.807) is 0 Å². The Kier molecular flexibility index (Phi) is 4.09. The number of nitrogens with one attached hydrogen (secondary N) is 1. The Balaban J connectivity index is 3.68. The molecule has 0 spiro atoms. The lowest BCUT2D eigenvalue weighted by atomic mass is 10.4. The van der Waals surface area contributed by atoms with E-state index in [0.29, 0.717) is 0 Å². The van der Waals surface area contributed by atoms with Crippen LogP contribution in [0.2, 0.25) is 0 Å². The zero-order chi connectivity index (χ0) is 9.78. The maximum absolute atomic E-state index is 11.5. The molecule has 0 aliphatic heterocycles. The molecule has 0 aliphatic rings. The van der Waals surface area contributed by atoms with Crippen molar-refractivity contribution in [3.8, 4) is 0 Å². The van der Waals surface area contributed by atoms with Crippen LogP contribution in [0.1, 0.15) is 6.42 Å². The third-order valence-electron chi connectivity index (χ3n) is 0.838. The Morgan fingerprint density at radius 1 is 1.50 bits per heavy atom. The Morgan fingerprint density at radius 2 is 2.00 bits per heavy atom. The predicted molar refractivity (Wildman–Crippen MR) is 38.7 cm³/mol. The second-order valence-electron chi connectivity index (χ2n) is 2.09. The number of hydrogen-bond acceptors (Lipinski definition) is 1. The summed E-state index contributed by atoms with van der Waals surface area (Å²) in [4.78, 5) is 10.4. The molecule has 1 amide bonds. The van der Waals surface area contributed by atoms with Crippen molar-refractivity contribution >= 4 is 17.5 Å². The van der Waals surface area contributed by atoms with Gasteiger partial charge in [-0.2, -0.15) is 13.2 Å². The second-order valence-corrected chi connectivity index (χ2v) is 2.62. The summed E-state index contributed by atoms with van der Waals surface area (Å²) in [7, 11) is 0. The summed E-state index contributed by atoms with van der Waals surface area (Å²) in [5, 5.41) is 2.04. The van der Waals surface area contributed by atoms with Gasteiger partial charge in [0.2, 0.25) is 5.91 Å². The Labute approximate surface area is 72.4 Å². The van der Waals surface area contributed by atoms with Gasteiger partial charge in [-0.05, 0) is 0 Å². The fourth-order valence-electron chi connectivity index (χ4n) is 0.439.